The minimum absolute atomic E-state index is 0.115. The predicted molar refractivity (Wildman–Crippen MR) is 115 cm³/mol. The molecule has 1 aliphatic rings. The number of hydrogen-bond acceptors (Lipinski definition) is 1. The first-order valence-electron chi connectivity index (χ1n) is 9.54. The highest BCUT2D eigenvalue weighted by Crippen LogP contribution is 2.39. The average Bonchev–Trinajstić information content (AvgIpc) is 2.67. The summed E-state index contributed by atoms with van der Waals surface area (Å²) in [6.07, 6.45) is 3.11. The van der Waals surface area contributed by atoms with E-state index in [1.54, 1.807) is 0 Å². The van der Waals surface area contributed by atoms with Gasteiger partial charge in [-0.2, -0.15) is 0 Å². The van der Waals surface area contributed by atoms with Gasteiger partial charge in [-0.25, -0.2) is 0 Å². The van der Waals surface area contributed by atoms with Crippen LogP contribution in [0, 0.1) is 0 Å². The summed E-state index contributed by atoms with van der Waals surface area (Å²) < 4.78 is 6.18. The normalized spacial score (nSPS) is 23.0. The Hall–Kier alpha value is -2.58. The lowest BCUT2D eigenvalue weighted by Gasteiger charge is -2.36. The van der Waals surface area contributed by atoms with E-state index in [-0.39, 0.29) is 6.10 Å². The molecule has 2 atom stereocenters. The van der Waals surface area contributed by atoms with Crippen LogP contribution >= 0.6 is 0 Å². The Balaban J connectivity index is 1.86. The SMILES string of the molecule is [B]C1(c2ccc3c4ccccc4c4ccccc4c3c2)C=C(C)CC(C)O1. The summed E-state index contributed by atoms with van der Waals surface area (Å²) in [6, 6.07) is 23.7. The number of fused-ring (bicyclic) bond motifs is 6. The summed E-state index contributed by atoms with van der Waals surface area (Å²) in [7, 11) is 6.71. The Kier molecular flexibility index (Phi) is 3.67. The molecule has 0 spiro atoms. The van der Waals surface area contributed by atoms with E-state index >= 15 is 0 Å². The van der Waals surface area contributed by atoms with Crippen LogP contribution in [0.4, 0.5) is 0 Å². The van der Waals surface area contributed by atoms with E-state index in [0.29, 0.717) is 0 Å². The van der Waals surface area contributed by atoms with Crippen LogP contribution in [0.2, 0.25) is 0 Å². The largest absolute Gasteiger partial charge is 0.373 e. The van der Waals surface area contributed by atoms with Crippen LogP contribution in [0.25, 0.3) is 32.3 Å². The third kappa shape index (κ3) is 2.59. The second-order valence-corrected chi connectivity index (χ2v) is 7.77. The highest BCUT2D eigenvalue weighted by atomic mass is 16.5. The lowest BCUT2D eigenvalue weighted by atomic mass is 9.72. The average molecular weight is 348 g/mol. The van der Waals surface area contributed by atoms with E-state index in [2.05, 4.69) is 86.7 Å². The van der Waals surface area contributed by atoms with Gasteiger partial charge < -0.3 is 4.74 Å². The molecule has 0 bridgehead atoms. The quantitative estimate of drug-likeness (QED) is 0.225. The van der Waals surface area contributed by atoms with E-state index in [4.69, 9.17) is 12.6 Å². The molecule has 0 N–H and O–H groups in total. The molecule has 27 heavy (non-hydrogen) atoms. The molecule has 0 amide bonds. The molecular formula is C25H21BO. The first kappa shape index (κ1) is 16.6. The molecule has 2 heteroatoms. The molecule has 2 radical (unpaired) electrons. The van der Waals surface area contributed by atoms with E-state index in [0.717, 1.165) is 12.0 Å². The zero-order valence-electron chi connectivity index (χ0n) is 15.7. The van der Waals surface area contributed by atoms with Crippen molar-refractivity contribution in [3.63, 3.8) is 0 Å². The van der Waals surface area contributed by atoms with Gasteiger partial charge in [0.05, 0.1) is 11.6 Å². The van der Waals surface area contributed by atoms with Crippen molar-refractivity contribution in [2.24, 2.45) is 0 Å². The van der Waals surface area contributed by atoms with Gasteiger partial charge in [0.1, 0.15) is 7.85 Å². The minimum Gasteiger partial charge on any atom is -0.373 e. The lowest BCUT2D eigenvalue weighted by Crippen LogP contribution is -2.35. The van der Waals surface area contributed by atoms with Gasteiger partial charge in [0.15, 0.2) is 0 Å². The fraction of sp³-hybridized carbons (Fsp3) is 0.200. The fourth-order valence-corrected chi connectivity index (χ4v) is 4.59. The second kappa shape index (κ2) is 5.97. The van der Waals surface area contributed by atoms with Crippen LogP contribution in [-0.2, 0) is 10.2 Å². The van der Waals surface area contributed by atoms with Crippen LogP contribution in [0.15, 0.2) is 78.4 Å². The molecule has 1 heterocycles. The fourth-order valence-electron chi connectivity index (χ4n) is 4.59. The molecule has 5 rings (SSSR count). The summed E-state index contributed by atoms with van der Waals surface area (Å²) in [5.74, 6) is 0. The van der Waals surface area contributed by atoms with Crippen molar-refractivity contribution in [2.75, 3.05) is 0 Å². The van der Waals surface area contributed by atoms with Gasteiger partial charge in [0.25, 0.3) is 0 Å². The van der Waals surface area contributed by atoms with Crippen LogP contribution in [0.5, 0.6) is 0 Å². The smallest absolute Gasteiger partial charge is 0.126 e. The van der Waals surface area contributed by atoms with Crippen molar-refractivity contribution in [2.45, 2.75) is 31.9 Å². The Morgan fingerprint density at radius 1 is 0.815 bits per heavy atom. The number of ether oxygens (including phenoxy) is 1. The van der Waals surface area contributed by atoms with Crippen molar-refractivity contribution in [3.8, 4) is 0 Å². The molecule has 0 aliphatic carbocycles. The monoisotopic (exact) mass is 348 g/mol. The molecule has 4 aromatic rings. The van der Waals surface area contributed by atoms with E-state index in [9.17, 15) is 0 Å². The standard InChI is InChI=1S/C25H21BO/c1-16-13-17(2)27-25(26,15-16)18-11-12-23-21-9-4-3-7-19(21)20-8-5-6-10-22(20)24(23)14-18/h3-12,14-15,17H,13H2,1-2H3. The van der Waals surface area contributed by atoms with Gasteiger partial charge in [-0.15, -0.1) is 0 Å². The molecule has 0 saturated carbocycles. The number of benzene rings is 4. The maximum absolute atomic E-state index is 6.71. The van der Waals surface area contributed by atoms with Crippen LogP contribution < -0.4 is 0 Å². The Morgan fingerprint density at radius 2 is 1.33 bits per heavy atom. The maximum atomic E-state index is 6.71. The van der Waals surface area contributed by atoms with Gasteiger partial charge in [-0.1, -0.05) is 72.3 Å². The van der Waals surface area contributed by atoms with Crippen LogP contribution in [-0.4, -0.2) is 14.0 Å². The zero-order chi connectivity index (χ0) is 18.6. The molecule has 0 saturated heterocycles. The molecule has 1 nitrogen and oxygen atoms in total. The summed E-state index contributed by atoms with van der Waals surface area (Å²) >= 11 is 0. The molecule has 130 valence electrons. The number of hydrogen-bond donors (Lipinski definition) is 0. The van der Waals surface area contributed by atoms with Crippen LogP contribution in [0.1, 0.15) is 25.8 Å². The molecule has 0 aromatic heterocycles. The predicted octanol–water partition coefficient (Wildman–Crippen LogP) is 6.22. The van der Waals surface area contributed by atoms with E-state index < -0.39 is 5.50 Å². The summed E-state index contributed by atoms with van der Waals surface area (Å²) in [6.45, 7) is 4.21. The summed E-state index contributed by atoms with van der Waals surface area (Å²) in [4.78, 5) is 0. The molecule has 4 aromatic carbocycles. The molecule has 0 fully saturated rings. The van der Waals surface area contributed by atoms with Gasteiger partial charge in [0, 0.05) is 0 Å². The molecule has 1 aliphatic heterocycles. The van der Waals surface area contributed by atoms with Crippen molar-refractivity contribution in [1.82, 2.24) is 0 Å². The summed E-state index contributed by atoms with van der Waals surface area (Å²) in [5.41, 5.74) is 1.41. The van der Waals surface area contributed by atoms with Crippen molar-refractivity contribution in [1.29, 1.82) is 0 Å². The highest BCUT2D eigenvalue weighted by Gasteiger charge is 2.31. The molecular weight excluding hydrogens is 327 g/mol. The zero-order valence-corrected chi connectivity index (χ0v) is 15.7. The van der Waals surface area contributed by atoms with E-state index in [1.807, 2.05) is 0 Å². The third-order valence-electron chi connectivity index (χ3n) is 5.66. The Morgan fingerprint density at radius 3 is 1.89 bits per heavy atom. The number of rotatable bonds is 1. The first-order chi connectivity index (χ1) is 13.0. The lowest BCUT2D eigenvalue weighted by molar-refractivity contribution is -0.0160. The maximum Gasteiger partial charge on any atom is 0.126 e. The second-order valence-electron chi connectivity index (χ2n) is 7.77. The molecule has 2 unspecified atom stereocenters. The van der Waals surface area contributed by atoms with Gasteiger partial charge in [-0.3, -0.25) is 0 Å². The third-order valence-corrected chi connectivity index (χ3v) is 5.66. The van der Waals surface area contributed by atoms with Gasteiger partial charge in [0.2, 0.25) is 0 Å². The topological polar surface area (TPSA) is 9.23 Å². The van der Waals surface area contributed by atoms with Crippen molar-refractivity contribution < 1.29 is 4.74 Å². The Bertz CT molecular complexity index is 1190. The highest BCUT2D eigenvalue weighted by molar-refractivity contribution is 6.25. The van der Waals surface area contributed by atoms with Crippen LogP contribution in [0.3, 0.4) is 0 Å². The van der Waals surface area contributed by atoms with E-state index in [1.165, 1.54) is 37.9 Å². The Labute approximate surface area is 161 Å². The van der Waals surface area contributed by atoms with Crippen molar-refractivity contribution >= 4 is 40.2 Å². The van der Waals surface area contributed by atoms with Crippen molar-refractivity contribution in [3.05, 3.63) is 83.9 Å². The van der Waals surface area contributed by atoms with Gasteiger partial charge >= 0.3 is 0 Å². The van der Waals surface area contributed by atoms with Gasteiger partial charge in [-0.05, 0) is 64.2 Å². The minimum atomic E-state index is -0.872. The summed E-state index contributed by atoms with van der Waals surface area (Å²) in [5, 5.41) is 7.55. The first-order valence-corrected chi connectivity index (χ1v) is 9.54.